The van der Waals surface area contributed by atoms with Crippen LogP contribution in [-0.2, 0) is 11.2 Å². The van der Waals surface area contributed by atoms with E-state index in [0.717, 1.165) is 5.56 Å². The van der Waals surface area contributed by atoms with Crippen molar-refractivity contribution in [3.63, 3.8) is 0 Å². The summed E-state index contributed by atoms with van der Waals surface area (Å²) >= 11 is 11.9. The Morgan fingerprint density at radius 2 is 1.53 bits per heavy atom. The third-order valence-corrected chi connectivity index (χ3v) is 5.68. The van der Waals surface area contributed by atoms with E-state index >= 15 is 0 Å². The molecule has 0 saturated heterocycles. The number of benzene rings is 3. The molecular weight excluding hydrogens is 479 g/mol. The summed E-state index contributed by atoms with van der Waals surface area (Å²) in [4.78, 5) is 37.3. The van der Waals surface area contributed by atoms with Crippen LogP contribution in [0.1, 0.15) is 5.56 Å². The second-order valence-electron chi connectivity index (χ2n) is 7.54. The Morgan fingerprint density at radius 3 is 2.32 bits per heavy atom. The molecule has 0 unspecified atom stereocenters. The number of fused-ring (bicyclic) bond motifs is 2. The van der Waals surface area contributed by atoms with Gasteiger partial charge in [0.1, 0.15) is 16.9 Å². The summed E-state index contributed by atoms with van der Waals surface area (Å²) in [6, 6.07) is 19.2. The number of ether oxygens (including phenoxy) is 1. The summed E-state index contributed by atoms with van der Waals surface area (Å²) in [7, 11) is 0. The van der Waals surface area contributed by atoms with Crippen LogP contribution < -0.4 is 16.0 Å². The average Bonchev–Trinajstić information content (AvgIpc) is 2.79. The van der Waals surface area contributed by atoms with Crippen LogP contribution in [0.15, 0.2) is 91.2 Å². The van der Waals surface area contributed by atoms with E-state index in [0.29, 0.717) is 32.0 Å². The first-order valence-electron chi connectivity index (χ1n) is 10.1. The Balaban J connectivity index is 1.52. The minimum Gasteiger partial charge on any atom is -0.426 e. The van der Waals surface area contributed by atoms with Crippen molar-refractivity contribution in [1.29, 1.82) is 0 Å². The third-order valence-electron chi connectivity index (χ3n) is 5.19. The summed E-state index contributed by atoms with van der Waals surface area (Å²) < 4.78 is 16.1. The first-order chi connectivity index (χ1) is 16.4. The quantitative estimate of drug-likeness (QED) is 0.173. The first kappa shape index (κ1) is 21.9. The van der Waals surface area contributed by atoms with Crippen molar-refractivity contribution in [3.05, 3.63) is 109 Å². The van der Waals surface area contributed by atoms with Gasteiger partial charge in [-0.15, -0.1) is 0 Å². The summed E-state index contributed by atoms with van der Waals surface area (Å²) in [6.45, 7) is 0. The molecule has 6 nitrogen and oxygen atoms in total. The molecule has 0 atom stereocenters. The van der Waals surface area contributed by atoms with Gasteiger partial charge in [-0.1, -0.05) is 35.3 Å². The summed E-state index contributed by atoms with van der Waals surface area (Å²) in [5.41, 5.74) is 0.510. The average molecular weight is 493 g/mol. The Labute approximate surface area is 201 Å². The number of hydrogen-bond donors (Lipinski definition) is 0. The largest absolute Gasteiger partial charge is 0.426 e. The maximum absolute atomic E-state index is 12.7. The van der Waals surface area contributed by atoms with Crippen LogP contribution in [0.3, 0.4) is 0 Å². The molecule has 0 aliphatic rings. The van der Waals surface area contributed by atoms with Gasteiger partial charge in [0.05, 0.1) is 12.0 Å². The van der Waals surface area contributed by atoms with Crippen molar-refractivity contribution in [1.82, 2.24) is 0 Å². The molecule has 2 aromatic heterocycles. The highest BCUT2D eigenvalue weighted by molar-refractivity contribution is 6.31. The van der Waals surface area contributed by atoms with Gasteiger partial charge in [-0.2, -0.15) is 0 Å². The van der Waals surface area contributed by atoms with Crippen LogP contribution in [0.2, 0.25) is 10.0 Å². The van der Waals surface area contributed by atoms with Crippen LogP contribution in [0.5, 0.6) is 5.75 Å². The lowest BCUT2D eigenvalue weighted by atomic mass is 10.0. The van der Waals surface area contributed by atoms with E-state index in [2.05, 4.69) is 0 Å². The van der Waals surface area contributed by atoms with Crippen LogP contribution in [-0.4, -0.2) is 5.97 Å². The number of hydrogen-bond acceptors (Lipinski definition) is 6. The Hall–Kier alpha value is -3.87. The normalized spacial score (nSPS) is 11.1. The van der Waals surface area contributed by atoms with E-state index in [-0.39, 0.29) is 23.3 Å². The zero-order valence-electron chi connectivity index (χ0n) is 17.3. The highest BCUT2D eigenvalue weighted by Crippen LogP contribution is 2.30. The highest BCUT2D eigenvalue weighted by Gasteiger charge is 2.15. The lowest BCUT2D eigenvalue weighted by Crippen LogP contribution is -2.11. The van der Waals surface area contributed by atoms with E-state index in [1.54, 1.807) is 60.7 Å². The van der Waals surface area contributed by atoms with Crippen molar-refractivity contribution in [2.75, 3.05) is 0 Å². The van der Waals surface area contributed by atoms with Crippen molar-refractivity contribution < 1.29 is 18.4 Å². The fourth-order valence-electron chi connectivity index (χ4n) is 3.65. The van der Waals surface area contributed by atoms with Gasteiger partial charge in [-0.05, 0) is 54.1 Å². The van der Waals surface area contributed by atoms with E-state index in [9.17, 15) is 14.4 Å². The number of esters is 1. The van der Waals surface area contributed by atoms with Crippen molar-refractivity contribution >= 4 is 51.1 Å². The van der Waals surface area contributed by atoms with E-state index in [1.807, 2.05) is 0 Å². The maximum Gasteiger partial charge on any atom is 0.344 e. The molecule has 2 heterocycles. The third kappa shape index (κ3) is 4.46. The van der Waals surface area contributed by atoms with Gasteiger partial charge in [0.15, 0.2) is 0 Å². The predicted molar refractivity (Wildman–Crippen MR) is 130 cm³/mol. The minimum atomic E-state index is -0.669. The topological polar surface area (TPSA) is 86.7 Å². The van der Waals surface area contributed by atoms with Crippen molar-refractivity contribution in [3.8, 4) is 16.9 Å². The van der Waals surface area contributed by atoms with E-state index in [1.165, 1.54) is 12.1 Å². The zero-order valence-corrected chi connectivity index (χ0v) is 18.9. The van der Waals surface area contributed by atoms with Crippen molar-refractivity contribution in [2.45, 2.75) is 6.42 Å². The lowest BCUT2D eigenvalue weighted by molar-refractivity contribution is -0.133. The fraction of sp³-hybridized carbons (Fsp3) is 0.0385. The van der Waals surface area contributed by atoms with Gasteiger partial charge in [-0.3, -0.25) is 4.79 Å². The Kier molecular flexibility index (Phi) is 5.69. The molecule has 3 aromatic carbocycles. The van der Waals surface area contributed by atoms with E-state index in [4.69, 9.17) is 36.8 Å². The molecule has 168 valence electrons. The van der Waals surface area contributed by atoms with Crippen LogP contribution in [0.4, 0.5) is 0 Å². The number of halogens is 2. The predicted octanol–water partition coefficient (Wildman–Crippen LogP) is 6.02. The van der Waals surface area contributed by atoms with Gasteiger partial charge in [0.25, 0.3) is 0 Å². The number of rotatable bonds is 4. The molecule has 0 amide bonds. The number of carbonyl (C=O) groups is 1. The second-order valence-corrected chi connectivity index (χ2v) is 8.42. The van der Waals surface area contributed by atoms with Crippen LogP contribution in [0, 0.1) is 0 Å². The second kappa shape index (κ2) is 8.82. The van der Waals surface area contributed by atoms with Gasteiger partial charge < -0.3 is 13.6 Å². The van der Waals surface area contributed by atoms with E-state index < -0.39 is 17.2 Å². The zero-order chi connectivity index (χ0) is 23.8. The molecule has 0 N–H and O–H groups in total. The molecule has 0 aliphatic carbocycles. The monoisotopic (exact) mass is 492 g/mol. The molecular formula is C26H14Cl2O6. The molecule has 0 radical (unpaired) electrons. The van der Waals surface area contributed by atoms with Crippen LogP contribution in [0.25, 0.3) is 33.1 Å². The summed E-state index contributed by atoms with van der Waals surface area (Å²) in [5, 5.41) is 2.14. The molecule has 0 fully saturated rings. The number of carbonyl (C=O) groups excluding carboxylic acids is 1. The van der Waals surface area contributed by atoms with Crippen LogP contribution >= 0.6 is 23.2 Å². The standard InChI is InChI=1S/C26H14Cl2O6/c27-16-3-1-14(2-4-16)9-24(29)32-18-6-7-19-20(13-25(30)33-23(19)12-18)21-11-15-10-17(28)5-8-22(15)34-26(21)31/h1-8,10-13H,9H2. The highest BCUT2D eigenvalue weighted by atomic mass is 35.5. The molecule has 5 aromatic rings. The van der Waals surface area contributed by atoms with Gasteiger partial charge in [0, 0.05) is 38.5 Å². The van der Waals surface area contributed by atoms with Gasteiger partial charge >= 0.3 is 17.2 Å². The lowest BCUT2D eigenvalue weighted by Gasteiger charge is -2.08. The maximum atomic E-state index is 12.7. The summed E-state index contributed by atoms with van der Waals surface area (Å²) in [6.07, 6.45) is 0.0416. The Bertz CT molecular complexity index is 1680. The Morgan fingerprint density at radius 1 is 0.765 bits per heavy atom. The fourth-order valence-corrected chi connectivity index (χ4v) is 3.95. The van der Waals surface area contributed by atoms with Gasteiger partial charge in [-0.25, -0.2) is 9.59 Å². The van der Waals surface area contributed by atoms with Gasteiger partial charge in [0.2, 0.25) is 0 Å². The SMILES string of the molecule is O=C(Cc1ccc(Cl)cc1)Oc1ccc2c(-c3cc4cc(Cl)ccc4oc3=O)cc(=O)oc2c1. The molecule has 8 heteroatoms. The molecule has 34 heavy (non-hydrogen) atoms. The molecule has 0 bridgehead atoms. The molecule has 0 aliphatic heterocycles. The molecule has 0 spiro atoms. The minimum absolute atomic E-state index is 0.0416. The first-order valence-corrected chi connectivity index (χ1v) is 10.9. The molecule has 5 rings (SSSR count). The molecule has 0 saturated carbocycles. The van der Waals surface area contributed by atoms with Crippen molar-refractivity contribution in [2.24, 2.45) is 0 Å². The smallest absolute Gasteiger partial charge is 0.344 e. The summed E-state index contributed by atoms with van der Waals surface area (Å²) in [5.74, 6) is -0.295.